The van der Waals surface area contributed by atoms with Gasteiger partial charge < -0.3 is 20.1 Å². The van der Waals surface area contributed by atoms with Gasteiger partial charge in [0, 0.05) is 25.8 Å². The van der Waals surface area contributed by atoms with Crippen molar-refractivity contribution in [1.29, 1.82) is 0 Å². The fourth-order valence-corrected chi connectivity index (χ4v) is 1.88. The summed E-state index contributed by atoms with van der Waals surface area (Å²) >= 11 is 0. The van der Waals surface area contributed by atoms with Gasteiger partial charge in [-0.05, 0) is 19.1 Å². The van der Waals surface area contributed by atoms with Crippen LogP contribution in [-0.4, -0.2) is 49.9 Å². The average Bonchev–Trinajstić information content (AvgIpc) is 2.47. The lowest BCUT2D eigenvalue weighted by molar-refractivity contribution is 0.0370. The Morgan fingerprint density at radius 2 is 2.58 bits per heavy atom. The normalized spacial score (nSPS) is 18.9. The number of anilines is 1. The van der Waals surface area contributed by atoms with Crippen molar-refractivity contribution in [3.8, 4) is 0 Å². The number of carbonyl (C=O) groups excluding carboxylic acids is 1. The van der Waals surface area contributed by atoms with E-state index in [1.54, 1.807) is 25.3 Å². The molecular formula is C13H19N3O3. The van der Waals surface area contributed by atoms with Gasteiger partial charge in [-0.25, -0.2) is 9.78 Å². The van der Waals surface area contributed by atoms with Crippen molar-refractivity contribution >= 4 is 11.8 Å². The van der Waals surface area contributed by atoms with E-state index in [9.17, 15) is 4.79 Å². The molecule has 1 aromatic rings. The van der Waals surface area contributed by atoms with Crippen LogP contribution in [0, 0.1) is 0 Å². The minimum atomic E-state index is -0.360. The molecule has 0 aromatic carbocycles. The highest BCUT2D eigenvalue weighted by atomic mass is 16.5. The Bertz CT molecular complexity index is 419. The maximum absolute atomic E-state index is 11.8. The van der Waals surface area contributed by atoms with E-state index in [-0.39, 0.29) is 12.1 Å². The molecule has 1 saturated heterocycles. The highest BCUT2D eigenvalue weighted by molar-refractivity contribution is 5.94. The number of hydrogen-bond donors (Lipinski definition) is 2. The molecule has 0 amide bonds. The number of hydrogen-bond acceptors (Lipinski definition) is 6. The summed E-state index contributed by atoms with van der Waals surface area (Å²) in [5.74, 6) is 0.177. The molecule has 0 spiro atoms. The van der Waals surface area contributed by atoms with Crippen molar-refractivity contribution in [1.82, 2.24) is 10.3 Å². The molecular weight excluding hydrogens is 246 g/mol. The predicted molar refractivity (Wildman–Crippen MR) is 71.3 cm³/mol. The van der Waals surface area contributed by atoms with E-state index in [2.05, 4.69) is 15.6 Å². The number of carbonyl (C=O) groups is 1. The van der Waals surface area contributed by atoms with Gasteiger partial charge in [-0.3, -0.25) is 0 Å². The molecule has 1 atom stereocenters. The summed E-state index contributed by atoms with van der Waals surface area (Å²) < 4.78 is 10.6. The zero-order chi connectivity index (χ0) is 13.5. The number of ether oxygens (including phenoxy) is 2. The number of nitrogens with one attached hydrogen (secondary N) is 2. The van der Waals surface area contributed by atoms with Crippen molar-refractivity contribution in [2.45, 2.75) is 13.0 Å². The van der Waals surface area contributed by atoms with Crippen LogP contribution in [0.2, 0.25) is 0 Å². The van der Waals surface area contributed by atoms with Crippen LogP contribution >= 0.6 is 0 Å². The molecule has 0 bridgehead atoms. The molecule has 6 nitrogen and oxygen atoms in total. The molecule has 2 heterocycles. The fraction of sp³-hybridized carbons (Fsp3) is 0.538. The third kappa shape index (κ3) is 3.90. The maximum atomic E-state index is 11.8. The Morgan fingerprint density at radius 1 is 1.68 bits per heavy atom. The van der Waals surface area contributed by atoms with Gasteiger partial charge >= 0.3 is 5.97 Å². The number of nitrogens with zero attached hydrogens (tertiary/aromatic N) is 1. The minimum Gasteiger partial charge on any atom is -0.462 e. The lowest BCUT2D eigenvalue weighted by Crippen LogP contribution is -2.42. The van der Waals surface area contributed by atoms with E-state index in [0.717, 1.165) is 13.1 Å². The standard InChI is InChI=1S/C13H19N3O3/c1-2-18-13(17)11-4-3-5-15-12(11)16-9-10-8-14-6-7-19-10/h3-5,10,14H,2,6-9H2,1H3,(H,15,16). The van der Waals surface area contributed by atoms with E-state index in [1.165, 1.54) is 0 Å². The molecule has 1 aliphatic rings. The second-order valence-electron chi connectivity index (χ2n) is 4.20. The molecule has 0 radical (unpaired) electrons. The van der Waals surface area contributed by atoms with Crippen LogP contribution in [0.4, 0.5) is 5.82 Å². The van der Waals surface area contributed by atoms with Crippen LogP contribution in [0.3, 0.4) is 0 Å². The lowest BCUT2D eigenvalue weighted by atomic mass is 10.2. The van der Waals surface area contributed by atoms with Crippen LogP contribution in [0.25, 0.3) is 0 Å². The lowest BCUT2D eigenvalue weighted by Gasteiger charge is -2.24. The Labute approximate surface area is 112 Å². The first-order valence-electron chi connectivity index (χ1n) is 6.49. The van der Waals surface area contributed by atoms with Crippen LogP contribution < -0.4 is 10.6 Å². The summed E-state index contributed by atoms with van der Waals surface area (Å²) in [6.45, 7) is 5.13. The molecule has 0 aliphatic carbocycles. The fourth-order valence-electron chi connectivity index (χ4n) is 1.88. The van der Waals surface area contributed by atoms with E-state index in [4.69, 9.17) is 9.47 Å². The zero-order valence-corrected chi connectivity index (χ0v) is 11.0. The average molecular weight is 265 g/mol. The molecule has 1 aliphatic heterocycles. The van der Waals surface area contributed by atoms with E-state index >= 15 is 0 Å². The van der Waals surface area contributed by atoms with E-state index in [1.807, 2.05) is 0 Å². The van der Waals surface area contributed by atoms with Crippen LogP contribution in [-0.2, 0) is 9.47 Å². The number of morpholine rings is 1. The monoisotopic (exact) mass is 265 g/mol. The van der Waals surface area contributed by atoms with Gasteiger partial charge in [0.05, 0.1) is 19.3 Å². The molecule has 2 N–H and O–H groups in total. The molecule has 1 fully saturated rings. The summed E-state index contributed by atoms with van der Waals surface area (Å²) in [6, 6.07) is 3.42. The quantitative estimate of drug-likeness (QED) is 0.762. The molecule has 104 valence electrons. The Balaban J connectivity index is 1.97. The van der Waals surface area contributed by atoms with Gasteiger partial charge in [-0.15, -0.1) is 0 Å². The van der Waals surface area contributed by atoms with Gasteiger partial charge in [0.25, 0.3) is 0 Å². The van der Waals surface area contributed by atoms with Gasteiger partial charge in [0.2, 0.25) is 0 Å². The first kappa shape index (κ1) is 13.8. The van der Waals surface area contributed by atoms with Gasteiger partial charge in [-0.1, -0.05) is 0 Å². The van der Waals surface area contributed by atoms with Crippen molar-refractivity contribution < 1.29 is 14.3 Å². The van der Waals surface area contributed by atoms with Gasteiger partial charge in [0.1, 0.15) is 11.4 Å². The number of esters is 1. The third-order valence-electron chi connectivity index (χ3n) is 2.80. The summed E-state index contributed by atoms with van der Waals surface area (Å²) in [4.78, 5) is 15.9. The van der Waals surface area contributed by atoms with Crippen molar-refractivity contribution in [3.63, 3.8) is 0 Å². The molecule has 6 heteroatoms. The van der Waals surface area contributed by atoms with Crippen molar-refractivity contribution in [3.05, 3.63) is 23.9 Å². The second-order valence-corrected chi connectivity index (χ2v) is 4.20. The van der Waals surface area contributed by atoms with Crippen LogP contribution in [0.15, 0.2) is 18.3 Å². The topological polar surface area (TPSA) is 72.5 Å². The molecule has 1 aromatic heterocycles. The van der Waals surface area contributed by atoms with Crippen molar-refractivity contribution in [2.75, 3.05) is 38.2 Å². The number of aromatic nitrogens is 1. The van der Waals surface area contributed by atoms with Crippen LogP contribution in [0.1, 0.15) is 17.3 Å². The SMILES string of the molecule is CCOC(=O)c1cccnc1NCC1CNCCO1. The zero-order valence-electron chi connectivity index (χ0n) is 11.0. The highest BCUT2D eigenvalue weighted by Gasteiger charge is 2.16. The third-order valence-corrected chi connectivity index (χ3v) is 2.80. The first-order valence-corrected chi connectivity index (χ1v) is 6.49. The number of pyridine rings is 1. The van der Waals surface area contributed by atoms with E-state index in [0.29, 0.717) is 31.1 Å². The van der Waals surface area contributed by atoms with E-state index < -0.39 is 0 Å². The smallest absolute Gasteiger partial charge is 0.341 e. The largest absolute Gasteiger partial charge is 0.462 e. The second kappa shape index (κ2) is 7.06. The predicted octanol–water partition coefficient (Wildman–Crippen LogP) is 0.659. The summed E-state index contributed by atoms with van der Waals surface area (Å²) in [7, 11) is 0. The summed E-state index contributed by atoms with van der Waals surface area (Å²) in [5, 5.41) is 6.40. The molecule has 1 unspecified atom stereocenters. The number of rotatable bonds is 5. The summed E-state index contributed by atoms with van der Waals surface area (Å²) in [5.41, 5.74) is 0.452. The van der Waals surface area contributed by atoms with Crippen molar-refractivity contribution in [2.24, 2.45) is 0 Å². The molecule has 19 heavy (non-hydrogen) atoms. The maximum Gasteiger partial charge on any atom is 0.341 e. The molecule has 2 rings (SSSR count). The van der Waals surface area contributed by atoms with Gasteiger partial charge in [-0.2, -0.15) is 0 Å². The van der Waals surface area contributed by atoms with Gasteiger partial charge in [0.15, 0.2) is 0 Å². The first-order chi connectivity index (χ1) is 9.31. The minimum absolute atomic E-state index is 0.0887. The van der Waals surface area contributed by atoms with Crippen LogP contribution in [0.5, 0.6) is 0 Å². The Kier molecular flexibility index (Phi) is 5.11. The highest BCUT2D eigenvalue weighted by Crippen LogP contribution is 2.13. The Morgan fingerprint density at radius 3 is 3.32 bits per heavy atom. The molecule has 0 saturated carbocycles. The summed E-state index contributed by atoms with van der Waals surface area (Å²) in [6.07, 6.45) is 1.73. The Hall–Kier alpha value is -1.66.